The van der Waals surface area contributed by atoms with Gasteiger partial charge >= 0.3 is 18.3 Å². The first-order valence-electron chi connectivity index (χ1n) is 33.4. The third-order valence-electron chi connectivity index (χ3n) is 14.6. The summed E-state index contributed by atoms with van der Waals surface area (Å²) in [6.07, 6.45) is -1.78. The van der Waals surface area contributed by atoms with E-state index in [1.807, 2.05) is 67.2 Å². The second kappa shape index (κ2) is 47.7. The standard InChI is InChI=1S/C18H27NO3.C14H21NO2S.C10H14.C9H10Cl2.C9H12.C6H14S.C5H7F5.C5H9F3/c1-4-22-18-6-5-15(12-17(18)14(2)3)11-16(20)13-19-7-9-21-10-8-19;1-12(2)13-7-6-8-14(11-13)18(16,17)15-9-4-3-5-10-15;1-9(2)8-10-6-4-3-5-7-10;1-6(2)8-4-3-7(10)5-9(8)11;1-8(2)9-6-4-3-5-7-9;1-6(2)4-5-7-3;1-3(2)4(6,7)5(8,9)10;1-4(2)3-5(6,7)8/h5-6,12,14H,4,7-11,13H2,1-3H3;6-8,11-12H,3-5,9-10H2,1-2H3;3-7,9H,8H2,1-2H3;3-6H,1-2H3;3-8H,1-2H3;6H,4-5H2,1-3H3;3H,1-2H3;4H,3H2,1-2H3. The van der Waals surface area contributed by atoms with E-state index in [0.717, 1.165) is 98.7 Å². The van der Waals surface area contributed by atoms with Crippen LogP contribution in [0.5, 0.6) is 5.75 Å². The normalized spacial score (nSPS) is 13.8. The molecular weight excluding hydrogens is 1310 g/mol. The molecule has 7 nitrogen and oxygen atoms in total. The van der Waals surface area contributed by atoms with Crippen LogP contribution in [0, 0.1) is 23.7 Å². The fourth-order valence-electron chi connectivity index (χ4n) is 9.06. The van der Waals surface area contributed by atoms with Gasteiger partial charge in [-0.1, -0.05) is 231 Å². The summed E-state index contributed by atoms with van der Waals surface area (Å²) in [4.78, 5) is 14.9. The number of nitrogens with zero attached hydrogens (tertiary/aromatic N) is 2. The molecule has 540 valence electrons. The molecule has 7 rings (SSSR count). The Labute approximate surface area is 582 Å². The van der Waals surface area contributed by atoms with E-state index in [1.165, 1.54) is 35.3 Å². The number of morpholine rings is 1. The molecule has 0 amide bonds. The zero-order valence-corrected chi connectivity index (χ0v) is 63.2. The molecule has 0 aliphatic carbocycles. The molecule has 0 aromatic heterocycles. The predicted octanol–water partition coefficient (Wildman–Crippen LogP) is 23.3. The quantitative estimate of drug-likeness (QED) is 0.0763. The van der Waals surface area contributed by atoms with Crippen molar-refractivity contribution >= 4 is 50.8 Å². The maximum Gasteiger partial charge on any atom is 0.453 e. The molecule has 95 heavy (non-hydrogen) atoms. The van der Waals surface area contributed by atoms with Gasteiger partial charge in [0.25, 0.3) is 0 Å². The van der Waals surface area contributed by atoms with Gasteiger partial charge < -0.3 is 9.47 Å². The number of hydrogen-bond acceptors (Lipinski definition) is 7. The summed E-state index contributed by atoms with van der Waals surface area (Å²) in [6.45, 7) is 38.5. The molecule has 0 radical (unpaired) electrons. The van der Waals surface area contributed by atoms with Gasteiger partial charge in [-0.2, -0.15) is 51.2 Å². The summed E-state index contributed by atoms with van der Waals surface area (Å²) in [5.41, 5.74) is 7.34. The van der Waals surface area contributed by atoms with Gasteiger partial charge in [-0.3, -0.25) is 9.69 Å². The number of ketones is 1. The number of halogens is 10. The Morgan fingerprint density at radius 1 is 0.589 bits per heavy atom. The van der Waals surface area contributed by atoms with E-state index >= 15 is 0 Å². The summed E-state index contributed by atoms with van der Waals surface area (Å²) < 4.78 is 129. The van der Waals surface area contributed by atoms with Crippen LogP contribution in [-0.2, 0) is 32.4 Å². The van der Waals surface area contributed by atoms with Crippen LogP contribution in [0.1, 0.15) is 207 Å². The van der Waals surface area contributed by atoms with Crippen molar-refractivity contribution in [2.45, 2.75) is 209 Å². The van der Waals surface area contributed by atoms with Crippen LogP contribution >= 0.6 is 35.0 Å². The second-order valence-corrected chi connectivity index (χ2v) is 30.2. The van der Waals surface area contributed by atoms with Crippen LogP contribution in [0.3, 0.4) is 0 Å². The van der Waals surface area contributed by atoms with Gasteiger partial charge in [-0.05, 0) is 150 Å². The fraction of sp³-hybridized carbons (Fsp3) is 0.592. The number of benzene rings is 5. The zero-order valence-electron chi connectivity index (χ0n) is 60.0. The van der Waals surface area contributed by atoms with Crippen molar-refractivity contribution < 1.29 is 57.8 Å². The van der Waals surface area contributed by atoms with Crippen LogP contribution in [0.25, 0.3) is 0 Å². The van der Waals surface area contributed by atoms with Gasteiger partial charge in [0.1, 0.15) is 5.75 Å². The van der Waals surface area contributed by atoms with Crippen molar-refractivity contribution in [3.05, 3.63) is 165 Å². The lowest BCUT2D eigenvalue weighted by Crippen LogP contribution is -2.40. The first-order chi connectivity index (χ1) is 44.2. The minimum atomic E-state index is -5.42. The summed E-state index contributed by atoms with van der Waals surface area (Å²) in [5, 5.41) is 1.45. The third kappa shape index (κ3) is 40.4. The number of Topliss-reactive ketones (excluding diaryl/α,β-unsaturated/α-hetero) is 1. The summed E-state index contributed by atoms with van der Waals surface area (Å²) in [7, 11) is -3.28. The van der Waals surface area contributed by atoms with Gasteiger partial charge in [0.2, 0.25) is 10.0 Å². The number of carbonyl (C=O) groups excluding carboxylic acids is 1. The molecule has 0 saturated carbocycles. The summed E-state index contributed by atoms with van der Waals surface area (Å²) in [5.74, 6) is -0.534. The highest BCUT2D eigenvalue weighted by molar-refractivity contribution is 7.98. The number of alkyl halides is 8. The van der Waals surface area contributed by atoms with Crippen LogP contribution in [0.15, 0.2) is 126 Å². The summed E-state index contributed by atoms with van der Waals surface area (Å²) >= 11 is 13.6. The van der Waals surface area contributed by atoms with Gasteiger partial charge in [0.15, 0.2) is 5.78 Å². The smallest absolute Gasteiger partial charge is 0.453 e. The highest BCUT2D eigenvalue weighted by Gasteiger charge is 2.59. The number of carbonyl (C=O) groups is 1. The molecule has 2 heterocycles. The molecule has 2 aliphatic heterocycles. The molecule has 2 aliphatic rings. The Kier molecular flexibility index (Phi) is 45.6. The number of piperidine rings is 1. The maximum atomic E-state index is 12.5. The minimum Gasteiger partial charge on any atom is -0.494 e. The van der Waals surface area contributed by atoms with E-state index in [1.54, 1.807) is 30.3 Å². The van der Waals surface area contributed by atoms with Gasteiger partial charge in [0, 0.05) is 55.0 Å². The number of ether oxygens (including phenoxy) is 2. The third-order valence-corrected chi connectivity index (χ3v) is 17.7. The predicted molar refractivity (Wildman–Crippen MR) is 386 cm³/mol. The van der Waals surface area contributed by atoms with Crippen LogP contribution in [-0.4, -0.2) is 106 Å². The topological polar surface area (TPSA) is 76.2 Å². The van der Waals surface area contributed by atoms with Gasteiger partial charge in [-0.25, -0.2) is 8.42 Å². The highest BCUT2D eigenvalue weighted by Crippen LogP contribution is 2.41. The van der Waals surface area contributed by atoms with E-state index in [-0.39, 0.29) is 11.7 Å². The average Bonchev–Trinajstić information content (AvgIpc) is 0.828. The van der Waals surface area contributed by atoms with Gasteiger partial charge in [-0.15, -0.1) is 0 Å². The number of rotatable bonds is 19. The minimum absolute atomic E-state index is 0.265. The van der Waals surface area contributed by atoms with E-state index in [2.05, 4.69) is 155 Å². The Morgan fingerprint density at radius 2 is 1.13 bits per heavy atom. The maximum absolute atomic E-state index is 12.5. The zero-order chi connectivity index (χ0) is 72.7. The average molecular weight is 1420 g/mol. The van der Waals surface area contributed by atoms with E-state index in [0.29, 0.717) is 66.3 Å². The Hall–Kier alpha value is -4.23. The van der Waals surface area contributed by atoms with Gasteiger partial charge in [0.05, 0.1) is 31.3 Å². The van der Waals surface area contributed by atoms with E-state index in [9.17, 15) is 48.3 Å². The molecule has 0 bridgehead atoms. The molecule has 2 saturated heterocycles. The van der Waals surface area contributed by atoms with E-state index < -0.39 is 40.6 Å². The molecule has 5 aromatic rings. The van der Waals surface area contributed by atoms with Crippen molar-refractivity contribution in [2.24, 2.45) is 23.7 Å². The molecule has 0 spiro atoms. The van der Waals surface area contributed by atoms with E-state index in [4.69, 9.17) is 32.7 Å². The first-order valence-corrected chi connectivity index (χ1v) is 37.0. The van der Waals surface area contributed by atoms with Crippen LogP contribution in [0.4, 0.5) is 35.1 Å². The molecule has 5 aromatic carbocycles. The lowest BCUT2D eigenvalue weighted by molar-refractivity contribution is -0.298. The molecule has 0 unspecified atom stereocenters. The summed E-state index contributed by atoms with van der Waals surface area (Å²) in [6, 6.07) is 40.2. The molecule has 0 atom stereocenters. The van der Waals surface area contributed by atoms with Crippen molar-refractivity contribution in [2.75, 3.05) is 64.6 Å². The van der Waals surface area contributed by atoms with Crippen molar-refractivity contribution in [1.29, 1.82) is 0 Å². The Morgan fingerprint density at radius 3 is 1.53 bits per heavy atom. The lowest BCUT2D eigenvalue weighted by Gasteiger charge is -2.26. The molecule has 19 heteroatoms. The number of sulfonamides is 1. The number of hydrogen-bond donors (Lipinski definition) is 0. The monoisotopic (exact) mass is 1420 g/mol. The molecular formula is C76H114Cl2F8N2O5S2. The molecule has 0 N–H and O–H groups in total. The lowest BCUT2D eigenvalue weighted by atomic mass is 9.97. The molecule has 2 fully saturated rings. The van der Waals surface area contributed by atoms with Crippen molar-refractivity contribution in [1.82, 2.24) is 9.21 Å². The van der Waals surface area contributed by atoms with Crippen LogP contribution in [0.2, 0.25) is 10.0 Å². The number of thioether (sulfide) groups is 1. The SMILES string of the molecule is CC(C)C(F)(F)C(F)(F)F.CC(C)CC(F)(F)F.CC(C)Cc1ccccc1.CC(C)c1ccc(Cl)cc1Cl.CC(C)c1cccc(S(=O)(=O)N2CCCCC2)c1.CC(C)c1ccccc1.CCOc1ccc(CC(=O)CN2CCOCC2)cc1C(C)C.CSCCC(C)C. The highest BCUT2D eigenvalue weighted by atomic mass is 35.5. The van der Waals surface area contributed by atoms with Crippen molar-refractivity contribution in [3.63, 3.8) is 0 Å². The fourth-order valence-corrected chi connectivity index (χ4v) is 12.0. The van der Waals surface area contributed by atoms with Crippen molar-refractivity contribution in [3.8, 4) is 5.75 Å². The Balaban J connectivity index is 0.00000110. The first kappa shape index (κ1) is 90.8. The second-order valence-electron chi connectivity index (χ2n) is 26.4. The Bertz CT molecular complexity index is 2920. The largest absolute Gasteiger partial charge is 0.494 e. The van der Waals surface area contributed by atoms with Crippen LogP contribution < -0.4 is 4.74 Å².